The number of rotatable bonds is 5. The molecule has 0 aliphatic heterocycles. The molecule has 0 saturated heterocycles. The first-order valence-corrected chi connectivity index (χ1v) is 6.88. The molecule has 0 radical (unpaired) electrons. The van der Waals surface area contributed by atoms with Gasteiger partial charge < -0.3 is 10.4 Å². The quantitative estimate of drug-likeness (QED) is 0.880. The number of anilines is 1. The lowest BCUT2D eigenvalue weighted by molar-refractivity contribution is 0.0697. The van der Waals surface area contributed by atoms with Crippen LogP contribution in [0.15, 0.2) is 24.3 Å². The van der Waals surface area contributed by atoms with Crippen LogP contribution in [-0.4, -0.2) is 22.6 Å². The molecule has 2 aromatic rings. The fourth-order valence-electron chi connectivity index (χ4n) is 1.69. The van der Waals surface area contributed by atoms with E-state index < -0.39 is 5.97 Å². The fourth-order valence-corrected chi connectivity index (χ4v) is 2.62. The summed E-state index contributed by atoms with van der Waals surface area (Å²) >= 11 is 1.73. The molecule has 1 heterocycles. The van der Waals surface area contributed by atoms with Gasteiger partial charge in [-0.2, -0.15) is 0 Å². The van der Waals surface area contributed by atoms with E-state index in [9.17, 15) is 4.79 Å². The number of hydrogen-bond acceptors (Lipinski definition) is 4. The van der Waals surface area contributed by atoms with E-state index >= 15 is 0 Å². The molecule has 0 saturated carbocycles. The summed E-state index contributed by atoms with van der Waals surface area (Å²) in [5, 5.41) is 13.2. The van der Waals surface area contributed by atoms with Crippen LogP contribution in [0.1, 0.15) is 25.9 Å². The average molecular weight is 276 g/mol. The van der Waals surface area contributed by atoms with Gasteiger partial charge in [0.2, 0.25) is 0 Å². The number of carboxylic acids is 1. The van der Waals surface area contributed by atoms with Crippen molar-refractivity contribution in [2.45, 2.75) is 20.3 Å². The van der Waals surface area contributed by atoms with Crippen LogP contribution in [0.4, 0.5) is 5.69 Å². The monoisotopic (exact) mass is 276 g/mol. The molecule has 0 aliphatic carbocycles. The van der Waals surface area contributed by atoms with Crippen molar-refractivity contribution in [2.24, 2.45) is 0 Å². The molecule has 0 bridgehead atoms. The molecule has 19 heavy (non-hydrogen) atoms. The van der Waals surface area contributed by atoms with E-state index in [1.54, 1.807) is 35.6 Å². The minimum Gasteiger partial charge on any atom is -0.478 e. The summed E-state index contributed by atoms with van der Waals surface area (Å²) in [6.45, 7) is 4.89. The van der Waals surface area contributed by atoms with Crippen LogP contribution in [0.5, 0.6) is 0 Å². The largest absolute Gasteiger partial charge is 0.478 e. The van der Waals surface area contributed by atoms with Gasteiger partial charge in [-0.05, 0) is 38.1 Å². The van der Waals surface area contributed by atoms with Crippen LogP contribution in [0.25, 0.3) is 0 Å². The van der Waals surface area contributed by atoms with Crippen LogP contribution in [0.2, 0.25) is 0 Å². The Morgan fingerprint density at radius 2 is 2.00 bits per heavy atom. The topological polar surface area (TPSA) is 62.2 Å². The molecule has 2 rings (SSSR count). The Balaban J connectivity index is 1.87. The number of aromatic nitrogens is 1. The molecule has 1 aromatic carbocycles. The Labute approximate surface area is 116 Å². The molecule has 0 atom stereocenters. The molecule has 4 nitrogen and oxygen atoms in total. The number of aryl methyl sites for hydroxylation is 2. The molecule has 0 amide bonds. The summed E-state index contributed by atoms with van der Waals surface area (Å²) in [5.74, 6) is -0.903. The second kappa shape index (κ2) is 5.84. The van der Waals surface area contributed by atoms with Gasteiger partial charge in [0.1, 0.15) is 0 Å². The second-order valence-electron chi connectivity index (χ2n) is 4.31. The van der Waals surface area contributed by atoms with Gasteiger partial charge in [0.05, 0.1) is 16.3 Å². The molecule has 2 N–H and O–H groups in total. The zero-order chi connectivity index (χ0) is 13.8. The molecule has 0 spiro atoms. The van der Waals surface area contributed by atoms with E-state index in [1.807, 2.05) is 6.92 Å². The van der Waals surface area contributed by atoms with Crippen LogP contribution in [0.3, 0.4) is 0 Å². The lowest BCUT2D eigenvalue weighted by Gasteiger charge is -2.05. The molecule has 5 heteroatoms. The van der Waals surface area contributed by atoms with Gasteiger partial charge in [-0.1, -0.05) is 0 Å². The van der Waals surface area contributed by atoms with E-state index in [0.29, 0.717) is 5.56 Å². The molecule has 100 valence electrons. The second-order valence-corrected chi connectivity index (χ2v) is 5.60. The summed E-state index contributed by atoms with van der Waals surface area (Å²) in [7, 11) is 0. The van der Waals surface area contributed by atoms with Crippen molar-refractivity contribution in [3.8, 4) is 0 Å². The van der Waals surface area contributed by atoms with Gasteiger partial charge in [0.15, 0.2) is 0 Å². The Morgan fingerprint density at radius 3 is 2.53 bits per heavy atom. The van der Waals surface area contributed by atoms with Crippen LogP contribution >= 0.6 is 11.3 Å². The summed E-state index contributed by atoms with van der Waals surface area (Å²) in [4.78, 5) is 16.5. The molecule has 0 fully saturated rings. The van der Waals surface area contributed by atoms with E-state index in [0.717, 1.165) is 29.4 Å². The maximum Gasteiger partial charge on any atom is 0.335 e. The van der Waals surface area contributed by atoms with Gasteiger partial charge in [0.25, 0.3) is 0 Å². The van der Waals surface area contributed by atoms with Crippen LogP contribution in [-0.2, 0) is 6.42 Å². The van der Waals surface area contributed by atoms with Crippen molar-refractivity contribution in [1.82, 2.24) is 4.98 Å². The highest BCUT2D eigenvalue weighted by molar-refractivity contribution is 7.11. The Kier molecular flexibility index (Phi) is 4.16. The molecular formula is C14H16N2O2S. The maximum absolute atomic E-state index is 10.7. The number of hydrogen-bond donors (Lipinski definition) is 2. The first kappa shape index (κ1) is 13.5. The van der Waals surface area contributed by atoms with Crippen molar-refractivity contribution >= 4 is 23.0 Å². The third-order valence-corrected chi connectivity index (χ3v) is 4.01. The summed E-state index contributed by atoms with van der Waals surface area (Å²) in [6.07, 6.45) is 0.875. The van der Waals surface area contributed by atoms with Gasteiger partial charge in [-0.25, -0.2) is 9.78 Å². The number of nitrogens with one attached hydrogen (secondary N) is 1. The van der Waals surface area contributed by atoms with E-state index in [4.69, 9.17) is 5.11 Å². The normalized spacial score (nSPS) is 10.4. The van der Waals surface area contributed by atoms with Crippen molar-refractivity contribution in [2.75, 3.05) is 11.9 Å². The third-order valence-electron chi connectivity index (χ3n) is 2.87. The van der Waals surface area contributed by atoms with Gasteiger partial charge >= 0.3 is 5.97 Å². The van der Waals surface area contributed by atoms with Crippen molar-refractivity contribution in [1.29, 1.82) is 0 Å². The Hall–Kier alpha value is -1.88. The lowest BCUT2D eigenvalue weighted by atomic mass is 10.2. The minimum absolute atomic E-state index is 0.303. The van der Waals surface area contributed by atoms with Crippen LogP contribution < -0.4 is 5.32 Å². The zero-order valence-corrected chi connectivity index (χ0v) is 11.8. The van der Waals surface area contributed by atoms with Crippen molar-refractivity contribution in [3.63, 3.8) is 0 Å². The smallest absolute Gasteiger partial charge is 0.335 e. The highest BCUT2D eigenvalue weighted by atomic mass is 32.1. The number of nitrogens with zero attached hydrogens (tertiary/aromatic N) is 1. The van der Waals surface area contributed by atoms with Gasteiger partial charge in [-0.3, -0.25) is 0 Å². The van der Waals surface area contributed by atoms with E-state index in [1.165, 1.54) is 4.88 Å². The SMILES string of the molecule is Cc1nc(CCNc2ccc(C(=O)O)cc2)sc1C. The van der Waals surface area contributed by atoms with E-state index in [-0.39, 0.29) is 0 Å². The standard InChI is InChI=1S/C14H16N2O2S/c1-9-10(2)19-13(16-9)7-8-15-12-5-3-11(4-6-12)14(17)18/h3-6,15H,7-8H2,1-2H3,(H,17,18). The maximum atomic E-state index is 10.7. The summed E-state index contributed by atoms with van der Waals surface area (Å²) in [6, 6.07) is 6.76. The number of thiazole rings is 1. The van der Waals surface area contributed by atoms with Crippen molar-refractivity contribution < 1.29 is 9.90 Å². The van der Waals surface area contributed by atoms with Crippen LogP contribution in [0, 0.1) is 13.8 Å². The Morgan fingerprint density at radius 1 is 1.32 bits per heavy atom. The first-order chi connectivity index (χ1) is 9.06. The number of benzene rings is 1. The molecule has 1 aromatic heterocycles. The zero-order valence-electron chi connectivity index (χ0n) is 10.9. The molecule has 0 aliphatic rings. The molecular weight excluding hydrogens is 260 g/mol. The fraction of sp³-hybridized carbons (Fsp3) is 0.286. The molecule has 0 unspecified atom stereocenters. The summed E-state index contributed by atoms with van der Waals surface area (Å²) < 4.78 is 0. The van der Waals surface area contributed by atoms with E-state index in [2.05, 4.69) is 17.2 Å². The first-order valence-electron chi connectivity index (χ1n) is 6.06. The minimum atomic E-state index is -0.903. The average Bonchev–Trinajstić information content (AvgIpc) is 2.69. The lowest BCUT2D eigenvalue weighted by Crippen LogP contribution is -2.05. The predicted molar refractivity (Wildman–Crippen MR) is 77.2 cm³/mol. The highest BCUT2D eigenvalue weighted by Gasteiger charge is 2.04. The third kappa shape index (κ3) is 3.54. The Bertz CT molecular complexity index is 556. The number of carbonyl (C=O) groups is 1. The van der Waals surface area contributed by atoms with Gasteiger partial charge in [0, 0.05) is 23.5 Å². The predicted octanol–water partition coefficient (Wildman–Crippen LogP) is 3.11. The highest BCUT2D eigenvalue weighted by Crippen LogP contribution is 2.17. The van der Waals surface area contributed by atoms with Crippen molar-refractivity contribution in [3.05, 3.63) is 45.4 Å². The van der Waals surface area contributed by atoms with Gasteiger partial charge in [-0.15, -0.1) is 11.3 Å². The number of aromatic carboxylic acids is 1. The number of carboxylic acid groups (broad SMARTS) is 1. The summed E-state index contributed by atoms with van der Waals surface area (Å²) in [5.41, 5.74) is 2.33.